The number of carbonyl (C=O) groups excluding carboxylic acids is 2. The number of anilines is 1. The van der Waals surface area contributed by atoms with Gasteiger partial charge < -0.3 is 9.47 Å². The van der Waals surface area contributed by atoms with Crippen molar-refractivity contribution in [3.8, 4) is 0 Å². The summed E-state index contributed by atoms with van der Waals surface area (Å²) in [6.45, 7) is 6.50. The molecule has 0 bridgehead atoms. The number of nitrogens with one attached hydrogen (secondary N) is 1. The van der Waals surface area contributed by atoms with Gasteiger partial charge in [-0.1, -0.05) is 24.8 Å². The van der Waals surface area contributed by atoms with Crippen LogP contribution >= 0.6 is 0 Å². The smallest absolute Gasteiger partial charge is 0.337 e. The third-order valence-corrected chi connectivity index (χ3v) is 5.84. The minimum atomic E-state index is -4.55. The molecule has 1 aliphatic heterocycles. The van der Waals surface area contributed by atoms with Gasteiger partial charge in [-0.3, -0.25) is 14.9 Å². The first-order chi connectivity index (χ1) is 15.7. The van der Waals surface area contributed by atoms with Crippen LogP contribution in [0.15, 0.2) is 55.1 Å². The molecule has 0 aliphatic carbocycles. The normalized spacial score (nSPS) is 16.6. The van der Waals surface area contributed by atoms with Crippen LogP contribution in [0.4, 0.5) is 19.1 Å². The Bertz CT molecular complexity index is 1230. The van der Waals surface area contributed by atoms with Crippen molar-refractivity contribution in [2.24, 2.45) is 0 Å². The van der Waals surface area contributed by atoms with Crippen LogP contribution < -0.4 is 5.32 Å². The molecule has 1 aromatic heterocycles. The predicted molar refractivity (Wildman–Crippen MR) is 119 cm³/mol. The Morgan fingerprint density at radius 1 is 1.21 bits per heavy atom. The molecule has 0 saturated carbocycles. The van der Waals surface area contributed by atoms with E-state index in [0.717, 1.165) is 36.1 Å². The third-order valence-electron chi connectivity index (χ3n) is 5.84. The van der Waals surface area contributed by atoms with Crippen molar-refractivity contribution in [3.05, 3.63) is 71.8 Å². The van der Waals surface area contributed by atoms with Gasteiger partial charge in [0, 0.05) is 18.7 Å². The average Bonchev–Trinajstić information content (AvgIpc) is 3.17. The van der Waals surface area contributed by atoms with Gasteiger partial charge in [0.1, 0.15) is 0 Å². The first kappa shape index (κ1) is 22.6. The first-order valence-electron chi connectivity index (χ1n) is 10.6. The monoisotopic (exact) mass is 456 g/mol. The number of rotatable bonds is 4. The summed E-state index contributed by atoms with van der Waals surface area (Å²) in [5.41, 5.74) is 1.39. The Hall–Kier alpha value is -3.62. The molecule has 0 spiro atoms. The maximum atomic E-state index is 13.1. The van der Waals surface area contributed by atoms with Crippen LogP contribution in [0.1, 0.15) is 40.4 Å². The van der Waals surface area contributed by atoms with Gasteiger partial charge in [0.05, 0.1) is 22.6 Å². The number of piperidine rings is 1. The average molecular weight is 456 g/mol. The molecule has 1 atom stereocenters. The van der Waals surface area contributed by atoms with Crippen LogP contribution in [-0.4, -0.2) is 39.4 Å². The Morgan fingerprint density at radius 2 is 1.97 bits per heavy atom. The maximum Gasteiger partial charge on any atom is 0.416 e. The summed E-state index contributed by atoms with van der Waals surface area (Å²) < 4.78 is 41.2. The van der Waals surface area contributed by atoms with Crippen LogP contribution in [0.5, 0.6) is 0 Å². The topological polar surface area (TPSA) is 67.2 Å². The molecule has 172 valence electrons. The number of fused-ring (bicyclic) bond motifs is 1. The van der Waals surface area contributed by atoms with Crippen molar-refractivity contribution in [2.45, 2.75) is 32.0 Å². The molecule has 2 amide bonds. The number of alkyl halides is 3. The Kier molecular flexibility index (Phi) is 5.97. The maximum absolute atomic E-state index is 13.1. The number of hydrogen-bond acceptors (Lipinski definition) is 3. The molecule has 1 unspecified atom stereocenters. The fourth-order valence-corrected chi connectivity index (χ4v) is 4.27. The Morgan fingerprint density at radius 3 is 2.70 bits per heavy atom. The highest BCUT2D eigenvalue weighted by molar-refractivity contribution is 6.04. The molecule has 6 nitrogen and oxygen atoms in total. The van der Waals surface area contributed by atoms with Crippen molar-refractivity contribution < 1.29 is 22.8 Å². The lowest BCUT2D eigenvalue weighted by Crippen LogP contribution is -2.40. The van der Waals surface area contributed by atoms with E-state index in [4.69, 9.17) is 0 Å². The molecule has 1 aliphatic rings. The summed E-state index contributed by atoms with van der Waals surface area (Å²) in [5.74, 6) is -0.625. The van der Waals surface area contributed by atoms with Crippen LogP contribution in [0.25, 0.3) is 11.0 Å². The molecule has 0 radical (unpaired) electrons. The van der Waals surface area contributed by atoms with Crippen molar-refractivity contribution in [2.75, 3.05) is 18.4 Å². The summed E-state index contributed by atoms with van der Waals surface area (Å²) in [6.07, 6.45) is -1.76. The van der Waals surface area contributed by atoms with E-state index in [0.29, 0.717) is 18.6 Å². The molecule has 3 aromatic rings. The number of likely N-dealkylation sites (tertiary alicyclic amines) is 1. The van der Waals surface area contributed by atoms with E-state index in [2.05, 4.69) is 16.9 Å². The van der Waals surface area contributed by atoms with Crippen LogP contribution in [0, 0.1) is 6.92 Å². The fraction of sp³-hybridized carbons (Fsp3) is 0.292. The molecule has 1 fully saturated rings. The van der Waals surface area contributed by atoms with Crippen molar-refractivity contribution in [1.29, 1.82) is 0 Å². The highest BCUT2D eigenvalue weighted by atomic mass is 19.4. The van der Waals surface area contributed by atoms with E-state index in [1.165, 1.54) is 18.2 Å². The number of para-hydroxylation sites is 1. The van der Waals surface area contributed by atoms with E-state index < -0.39 is 17.6 Å². The van der Waals surface area contributed by atoms with E-state index in [-0.39, 0.29) is 23.5 Å². The zero-order chi connectivity index (χ0) is 23.8. The van der Waals surface area contributed by atoms with Crippen molar-refractivity contribution >= 4 is 28.8 Å². The second-order valence-electron chi connectivity index (χ2n) is 8.07. The van der Waals surface area contributed by atoms with Gasteiger partial charge in [-0.25, -0.2) is 4.98 Å². The molecule has 33 heavy (non-hydrogen) atoms. The summed E-state index contributed by atoms with van der Waals surface area (Å²) in [5, 5.41) is 2.70. The summed E-state index contributed by atoms with van der Waals surface area (Å²) >= 11 is 0. The minimum Gasteiger partial charge on any atom is -0.337 e. The Labute approximate surface area is 188 Å². The Balaban J connectivity index is 1.73. The van der Waals surface area contributed by atoms with E-state index >= 15 is 0 Å². The van der Waals surface area contributed by atoms with Crippen LogP contribution in [-0.2, 0) is 11.0 Å². The lowest BCUT2D eigenvalue weighted by Gasteiger charge is -2.34. The molecule has 4 rings (SSSR count). The zero-order valence-electron chi connectivity index (χ0n) is 18.0. The summed E-state index contributed by atoms with van der Waals surface area (Å²) in [6, 6.07) is 9.69. The van der Waals surface area contributed by atoms with Gasteiger partial charge in [-0.15, -0.1) is 0 Å². The van der Waals surface area contributed by atoms with Crippen LogP contribution in [0.2, 0.25) is 0 Å². The van der Waals surface area contributed by atoms with E-state index in [1.54, 1.807) is 4.90 Å². The number of amides is 2. The number of aromatic nitrogens is 2. The number of benzene rings is 2. The molecule has 2 heterocycles. The largest absolute Gasteiger partial charge is 0.416 e. The summed E-state index contributed by atoms with van der Waals surface area (Å²) in [4.78, 5) is 31.4. The van der Waals surface area contributed by atoms with Gasteiger partial charge >= 0.3 is 6.18 Å². The number of carbonyl (C=O) groups is 2. The van der Waals surface area contributed by atoms with Gasteiger partial charge in [0.25, 0.3) is 5.91 Å². The lowest BCUT2D eigenvalue weighted by molar-refractivity contribution is -0.137. The van der Waals surface area contributed by atoms with E-state index in [9.17, 15) is 22.8 Å². The standard InChI is InChI=1S/C24H23F3N4O2/c1-3-20(32)30-12-6-10-18(14-30)31-21-15(2)7-4-11-19(21)28-23(31)29-22(33)16-8-5-9-17(13-16)24(25,26)27/h3-5,7-9,11,13,18H,1,6,10,12,14H2,2H3,(H,28,29,33). The quantitative estimate of drug-likeness (QED) is 0.564. The molecular weight excluding hydrogens is 433 g/mol. The van der Waals surface area contributed by atoms with Crippen molar-refractivity contribution in [1.82, 2.24) is 14.5 Å². The predicted octanol–water partition coefficient (Wildman–Crippen LogP) is 4.97. The SMILES string of the molecule is C=CC(=O)N1CCCC(n2c(NC(=O)c3cccc(C(F)(F)F)c3)nc3cccc(C)c32)C1. The molecule has 9 heteroatoms. The van der Waals surface area contributed by atoms with Gasteiger partial charge in [-0.2, -0.15) is 13.2 Å². The first-order valence-corrected chi connectivity index (χ1v) is 10.6. The lowest BCUT2D eigenvalue weighted by atomic mass is 10.0. The van der Waals surface area contributed by atoms with Gasteiger partial charge in [0.2, 0.25) is 11.9 Å². The second kappa shape index (κ2) is 8.73. The molecule has 2 aromatic carbocycles. The number of nitrogens with zero attached hydrogens (tertiary/aromatic N) is 3. The highest BCUT2D eigenvalue weighted by Crippen LogP contribution is 2.33. The number of imidazole rings is 1. The minimum absolute atomic E-state index is 0.118. The van der Waals surface area contributed by atoms with Gasteiger partial charge in [0.15, 0.2) is 0 Å². The molecule has 1 N–H and O–H groups in total. The third kappa shape index (κ3) is 4.48. The van der Waals surface area contributed by atoms with E-state index in [1.807, 2.05) is 29.7 Å². The van der Waals surface area contributed by atoms with Crippen molar-refractivity contribution in [3.63, 3.8) is 0 Å². The van der Waals surface area contributed by atoms with Gasteiger partial charge in [-0.05, 0) is 55.7 Å². The molecular formula is C24H23F3N4O2. The number of aryl methyl sites for hydroxylation is 1. The number of hydrogen-bond donors (Lipinski definition) is 1. The van der Waals surface area contributed by atoms with Crippen LogP contribution in [0.3, 0.4) is 0 Å². The number of halogens is 3. The fourth-order valence-electron chi connectivity index (χ4n) is 4.27. The summed E-state index contributed by atoms with van der Waals surface area (Å²) in [7, 11) is 0. The highest BCUT2D eigenvalue weighted by Gasteiger charge is 2.31. The zero-order valence-corrected chi connectivity index (χ0v) is 18.0. The molecule has 1 saturated heterocycles. The second-order valence-corrected chi connectivity index (χ2v) is 8.07.